The highest BCUT2D eigenvalue weighted by Gasteiger charge is 2.09. The van der Waals surface area contributed by atoms with E-state index in [1.807, 2.05) is 13.8 Å². The second-order valence-corrected chi connectivity index (χ2v) is 3.30. The third-order valence-electron chi connectivity index (χ3n) is 1.56. The molecule has 0 aromatic rings. The average Bonchev–Trinajstić information content (AvgIpc) is 1.84. The SMILES string of the molecule is CC(C)C[C@H](C[NH-])CC(=O)O. The molecule has 0 saturated carbocycles. The maximum Gasteiger partial charge on any atom is 0.303 e. The van der Waals surface area contributed by atoms with Crippen molar-refractivity contribution < 1.29 is 9.90 Å². The van der Waals surface area contributed by atoms with Gasteiger partial charge in [0.15, 0.2) is 0 Å². The quantitative estimate of drug-likeness (QED) is 0.666. The van der Waals surface area contributed by atoms with Crippen molar-refractivity contribution >= 4 is 5.97 Å². The molecule has 11 heavy (non-hydrogen) atoms. The molecule has 0 aromatic heterocycles. The normalized spacial score (nSPS) is 13.5. The summed E-state index contributed by atoms with van der Waals surface area (Å²) in [7, 11) is 0. The molecule has 0 aliphatic heterocycles. The van der Waals surface area contributed by atoms with Crippen molar-refractivity contribution in [2.75, 3.05) is 6.54 Å². The predicted octanol–water partition coefficient (Wildman–Crippen LogP) is 2.18. The summed E-state index contributed by atoms with van der Waals surface area (Å²) in [6.45, 7) is 4.32. The molecular formula is C8H16NO2-. The Hall–Kier alpha value is -0.570. The third-order valence-corrected chi connectivity index (χ3v) is 1.56. The Labute approximate surface area is 67.6 Å². The van der Waals surface area contributed by atoms with Gasteiger partial charge in [0.25, 0.3) is 0 Å². The Bertz CT molecular complexity index is 123. The summed E-state index contributed by atoms with van der Waals surface area (Å²) in [6.07, 6.45) is 0.984. The Morgan fingerprint density at radius 1 is 1.55 bits per heavy atom. The molecule has 3 nitrogen and oxygen atoms in total. The van der Waals surface area contributed by atoms with Crippen LogP contribution in [0.5, 0.6) is 0 Å². The average molecular weight is 158 g/mol. The molecule has 3 heteroatoms. The Morgan fingerprint density at radius 3 is 2.36 bits per heavy atom. The number of nitrogens with one attached hydrogen (secondary N) is 1. The maximum atomic E-state index is 10.3. The van der Waals surface area contributed by atoms with Gasteiger partial charge in [-0.15, -0.1) is 6.54 Å². The van der Waals surface area contributed by atoms with Gasteiger partial charge in [-0.3, -0.25) is 4.79 Å². The van der Waals surface area contributed by atoms with Crippen molar-refractivity contribution in [2.45, 2.75) is 26.7 Å². The molecule has 0 saturated heterocycles. The summed E-state index contributed by atoms with van der Waals surface area (Å²) >= 11 is 0. The molecule has 0 amide bonds. The summed E-state index contributed by atoms with van der Waals surface area (Å²) in [5.41, 5.74) is 7.08. The molecule has 0 bridgehead atoms. The topological polar surface area (TPSA) is 61.1 Å². The van der Waals surface area contributed by atoms with Gasteiger partial charge in [-0.2, -0.15) is 0 Å². The van der Waals surface area contributed by atoms with Crippen molar-refractivity contribution in [1.82, 2.24) is 0 Å². The van der Waals surface area contributed by atoms with Crippen LogP contribution in [0.1, 0.15) is 26.7 Å². The Kier molecular flexibility index (Phi) is 4.86. The van der Waals surface area contributed by atoms with E-state index in [0.29, 0.717) is 5.92 Å². The van der Waals surface area contributed by atoms with Crippen LogP contribution in [0.3, 0.4) is 0 Å². The van der Waals surface area contributed by atoms with Crippen LogP contribution in [-0.4, -0.2) is 17.6 Å². The molecule has 0 unspecified atom stereocenters. The Balaban J connectivity index is 3.66. The van der Waals surface area contributed by atoms with Gasteiger partial charge >= 0.3 is 5.97 Å². The van der Waals surface area contributed by atoms with E-state index in [0.717, 1.165) is 6.42 Å². The second-order valence-electron chi connectivity index (χ2n) is 3.30. The number of hydrogen-bond donors (Lipinski definition) is 1. The maximum absolute atomic E-state index is 10.3. The zero-order valence-corrected chi connectivity index (χ0v) is 7.13. The van der Waals surface area contributed by atoms with E-state index in [9.17, 15) is 4.79 Å². The first-order chi connectivity index (χ1) is 5.06. The highest BCUT2D eigenvalue weighted by Crippen LogP contribution is 2.15. The molecule has 0 aliphatic rings. The number of aliphatic carboxylic acids is 1. The lowest BCUT2D eigenvalue weighted by atomic mass is 9.94. The number of carboxylic acid groups (broad SMARTS) is 1. The van der Waals surface area contributed by atoms with Gasteiger partial charge in [-0.25, -0.2) is 0 Å². The minimum absolute atomic E-state index is 0.0347. The molecule has 0 aliphatic carbocycles. The third kappa shape index (κ3) is 5.85. The van der Waals surface area contributed by atoms with Gasteiger partial charge in [0, 0.05) is 6.42 Å². The van der Waals surface area contributed by atoms with Gasteiger partial charge in [0.2, 0.25) is 0 Å². The molecule has 0 rings (SSSR count). The van der Waals surface area contributed by atoms with E-state index in [1.54, 1.807) is 0 Å². The largest absolute Gasteiger partial charge is 0.677 e. The van der Waals surface area contributed by atoms with Crippen molar-refractivity contribution in [2.24, 2.45) is 11.8 Å². The number of carboxylic acids is 1. The summed E-state index contributed by atoms with van der Waals surface area (Å²) < 4.78 is 0. The van der Waals surface area contributed by atoms with Crippen LogP contribution in [0.25, 0.3) is 5.73 Å². The summed E-state index contributed by atoms with van der Waals surface area (Å²) in [6, 6.07) is 0. The Morgan fingerprint density at radius 2 is 2.09 bits per heavy atom. The van der Waals surface area contributed by atoms with Crippen molar-refractivity contribution in [1.29, 1.82) is 0 Å². The monoisotopic (exact) mass is 158 g/mol. The molecule has 0 aromatic carbocycles. The first-order valence-electron chi connectivity index (χ1n) is 3.92. The van der Waals surface area contributed by atoms with Crippen LogP contribution in [0.4, 0.5) is 0 Å². The van der Waals surface area contributed by atoms with E-state index >= 15 is 0 Å². The van der Waals surface area contributed by atoms with Crippen LogP contribution in [0, 0.1) is 11.8 Å². The molecule has 66 valence electrons. The second kappa shape index (κ2) is 5.13. The van der Waals surface area contributed by atoms with Gasteiger partial charge < -0.3 is 10.8 Å². The lowest BCUT2D eigenvalue weighted by molar-refractivity contribution is -0.138. The lowest BCUT2D eigenvalue weighted by Gasteiger charge is -2.18. The predicted molar refractivity (Wildman–Crippen MR) is 44.4 cm³/mol. The summed E-state index contributed by atoms with van der Waals surface area (Å²) in [5.74, 6) is -0.264. The van der Waals surface area contributed by atoms with Crippen LogP contribution in [-0.2, 0) is 4.79 Å². The summed E-state index contributed by atoms with van der Waals surface area (Å²) in [5, 5.41) is 8.44. The van der Waals surface area contributed by atoms with E-state index in [4.69, 9.17) is 10.8 Å². The zero-order chi connectivity index (χ0) is 8.85. The first kappa shape index (κ1) is 10.4. The molecule has 0 radical (unpaired) electrons. The fourth-order valence-corrected chi connectivity index (χ4v) is 1.15. The lowest BCUT2D eigenvalue weighted by Crippen LogP contribution is -2.12. The standard InChI is InChI=1S/C8H16NO2/c1-6(2)3-7(5-9)4-8(10)11/h6-7,9H,3-5H2,1-2H3,(H,10,11)/q-1/t7-/m0/s1. The minimum atomic E-state index is -0.789. The van der Waals surface area contributed by atoms with Crippen molar-refractivity contribution in [3.05, 3.63) is 5.73 Å². The van der Waals surface area contributed by atoms with Gasteiger partial charge in [0.05, 0.1) is 0 Å². The van der Waals surface area contributed by atoms with Crippen LogP contribution >= 0.6 is 0 Å². The minimum Gasteiger partial charge on any atom is -0.677 e. The van der Waals surface area contributed by atoms with Gasteiger partial charge in [-0.05, 0) is 18.3 Å². The van der Waals surface area contributed by atoms with Crippen LogP contribution in [0.15, 0.2) is 0 Å². The van der Waals surface area contributed by atoms with Gasteiger partial charge in [0.1, 0.15) is 0 Å². The highest BCUT2D eigenvalue weighted by molar-refractivity contribution is 5.67. The van der Waals surface area contributed by atoms with Crippen molar-refractivity contribution in [3.8, 4) is 0 Å². The number of hydrogen-bond acceptors (Lipinski definition) is 1. The van der Waals surface area contributed by atoms with E-state index in [-0.39, 0.29) is 18.9 Å². The van der Waals surface area contributed by atoms with Crippen LogP contribution < -0.4 is 0 Å². The zero-order valence-electron chi connectivity index (χ0n) is 7.13. The van der Waals surface area contributed by atoms with E-state index in [1.165, 1.54) is 0 Å². The van der Waals surface area contributed by atoms with E-state index < -0.39 is 5.97 Å². The smallest absolute Gasteiger partial charge is 0.303 e. The van der Waals surface area contributed by atoms with Gasteiger partial charge in [-0.1, -0.05) is 13.8 Å². The first-order valence-corrected chi connectivity index (χ1v) is 3.92. The fourth-order valence-electron chi connectivity index (χ4n) is 1.15. The molecule has 0 heterocycles. The highest BCUT2D eigenvalue weighted by atomic mass is 16.4. The number of rotatable bonds is 5. The van der Waals surface area contributed by atoms with Crippen LogP contribution in [0.2, 0.25) is 0 Å². The molecular weight excluding hydrogens is 142 g/mol. The van der Waals surface area contributed by atoms with E-state index in [2.05, 4.69) is 0 Å². The fraction of sp³-hybridized carbons (Fsp3) is 0.875. The molecule has 0 fully saturated rings. The number of carbonyl (C=O) groups is 1. The molecule has 0 spiro atoms. The molecule has 2 N–H and O–H groups in total. The molecule has 1 atom stereocenters. The summed E-state index contributed by atoms with van der Waals surface area (Å²) in [4.78, 5) is 10.3. The van der Waals surface area contributed by atoms with Crippen molar-refractivity contribution in [3.63, 3.8) is 0 Å².